The van der Waals surface area contributed by atoms with E-state index in [2.05, 4.69) is 106 Å². The topological polar surface area (TPSA) is 78.9 Å². The number of unbranched alkanes of at least 4 members (excludes halogenated alkanes) is 39. The van der Waals surface area contributed by atoms with E-state index in [1.807, 2.05) is 0 Å². The Labute approximate surface area is 503 Å². The first-order valence-electron chi connectivity index (χ1n) is 35.1. The molecule has 0 fully saturated rings. The molecule has 1 unspecified atom stereocenters. The number of hydrogen-bond acceptors (Lipinski definition) is 6. The van der Waals surface area contributed by atoms with Crippen molar-refractivity contribution in [2.75, 3.05) is 13.2 Å². The van der Waals surface area contributed by atoms with Crippen LogP contribution in [0.1, 0.15) is 355 Å². The van der Waals surface area contributed by atoms with Gasteiger partial charge in [0.1, 0.15) is 13.2 Å². The summed E-state index contributed by atoms with van der Waals surface area (Å²) in [6.45, 7) is 6.54. The zero-order valence-corrected chi connectivity index (χ0v) is 53.8. The highest BCUT2D eigenvalue weighted by Crippen LogP contribution is 2.18. The number of ether oxygens (including phenoxy) is 3. The van der Waals surface area contributed by atoms with Crippen molar-refractivity contribution in [2.24, 2.45) is 0 Å². The van der Waals surface area contributed by atoms with Crippen LogP contribution in [0.3, 0.4) is 0 Å². The summed E-state index contributed by atoms with van der Waals surface area (Å²) in [4.78, 5) is 38.5. The molecule has 0 amide bonds. The lowest BCUT2D eigenvalue weighted by molar-refractivity contribution is -0.167. The predicted octanol–water partition coefficient (Wildman–Crippen LogP) is 24.2. The van der Waals surface area contributed by atoms with Gasteiger partial charge in [-0.2, -0.15) is 0 Å². The van der Waals surface area contributed by atoms with Crippen molar-refractivity contribution in [1.29, 1.82) is 0 Å². The average molecular weight is 1130 g/mol. The second-order valence-corrected chi connectivity index (χ2v) is 23.4. The number of carbonyl (C=O) groups excluding carboxylic acids is 3. The minimum Gasteiger partial charge on any atom is -0.462 e. The lowest BCUT2D eigenvalue weighted by Crippen LogP contribution is -2.30. The van der Waals surface area contributed by atoms with E-state index in [4.69, 9.17) is 14.2 Å². The first kappa shape index (κ1) is 77.6. The minimum atomic E-state index is -0.786. The molecule has 0 radical (unpaired) electrons. The Morgan fingerprint density at radius 2 is 0.481 bits per heavy atom. The van der Waals surface area contributed by atoms with Gasteiger partial charge in [-0.05, 0) is 96.3 Å². The molecule has 0 bridgehead atoms. The minimum absolute atomic E-state index is 0.0813. The van der Waals surface area contributed by atoms with Gasteiger partial charge in [-0.15, -0.1) is 0 Å². The Bertz CT molecular complexity index is 1530. The van der Waals surface area contributed by atoms with Crippen LogP contribution in [0.15, 0.2) is 85.1 Å². The van der Waals surface area contributed by atoms with E-state index in [9.17, 15) is 14.4 Å². The van der Waals surface area contributed by atoms with Crippen molar-refractivity contribution in [3.05, 3.63) is 85.1 Å². The molecule has 0 aliphatic rings. The van der Waals surface area contributed by atoms with Gasteiger partial charge in [0.25, 0.3) is 0 Å². The molecule has 0 aromatic rings. The van der Waals surface area contributed by atoms with E-state index in [1.165, 1.54) is 199 Å². The first-order valence-corrected chi connectivity index (χ1v) is 35.1. The summed E-state index contributed by atoms with van der Waals surface area (Å²) in [5, 5.41) is 0. The van der Waals surface area contributed by atoms with Crippen LogP contribution < -0.4 is 0 Å². The van der Waals surface area contributed by atoms with Gasteiger partial charge < -0.3 is 14.2 Å². The van der Waals surface area contributed by atoms with Gasteiger partial charge >= 0.3 is 17.9 Å². The summed E-state index contributed by atoms with van der Waals surface area (Å²) >= 11 is 0. The molecule has 468 valence electrons. The Kier molecular flexibility index (Phi) is 66.2. The second kappa shape index (κ2) is 69.1. The van der Waals surface area contributed by atoms with Crippen LogP contribution in [0.25, 0.3) is 0 Å². The Balaban J connectivity index is 4.33. The molecule has 0 heterocycles. The van der Waals surface area contributed by atoms with Crippen LogP contribution in [0, 0.1) is 0 Å². The van der Waals surface area contributed by atoms with Gasteiger partial charge in [0.15, 0.2) is 6.10 Å². The zero-order valence-electron chi connectivity index (χ0n) is 53.8. The highest BCUT2D eigenvalue weighted by atomic mass is 16.6. The molecule has 0 spiro atoms. The third-order valence-electron chi connectivity index (χ3n) is 15.4. The maximum Gasteiger partial charge on any atom is 0.306 e. The Morgan fingerprint density at radius 3 is 0.778 bits per heavy atom. The molecular formula is C75H132O6. The molecule has 81 heavy (non-hydrogen) atoms. The number of esters is 3. The normalized spacial score (nSPS) is 12.6. The van der Waals surface area contributed by atoms with Crippen LogP contribution in [0.5, 0.6) is 0 Å². The average Bonchev–Trinajstić information content (AvgIpc) is 3.47. The molecular weight excluding hydrogens is 997 g/mol. The van der Waals surface area contributed by atoms with Gasteiger partial charge in [0, 0.05) is 19.3 Å². The molecule has 0 aliphatic carbocycles. The summed E-state index contributed by atoms with van der Waals surface area (Å²) in [5.74, 6) is -0.881. The van der Waals surface area contributed by atoms with E-state index in [-0.39, 0.29) is 31.1 Å². The van der Waals surface area contributed by atoms with E-state index in [0.29, 0.717) is 19.3 Å². The Hall–Kier alpha value is -3.41. The van der Waals surface area contributed by atoms with Crippen molar-refractivity contribution in [2.45, 2.75) is 361 Å². The van der Waals surface area contributed by atoms with E-state index in [0.717, 1.165) is 116 Å². The predicted molar refractivity (Wildman–Crippen MR) is 353 cm³/mol. The number of hydrogen-bond donors (Lipinski definition) is 0. The zero-order chi connectivity index (χ0) is 58.5. The SMILES string of the molecule is CC/C=C\C/C=C\C/C=C\C/C=C\C/C=C\CCCCCCCCCCCC(=O)OCC(COC(=O)CCCCCCC/C=C\C/C=C\CCCCC)OC(=O)CCCCCCCCCCCCCCCCCCCCCCCCC. The molecule has 0 saturated heterocycles. The van der Waals surface area contributed by atoms with Crippen LogP contribution in [0.4, 0.5) is 0 Å². The van der Waals surface area contributed by atoms with E-state index >= 15 is 0 Å². The van der Waals surface area contributed by atoms with Crippen LogP contribution >= 0.6 is 0 Å². The van der Waals surface area contributed by atoms with E-state index < -0.39 is 6.10 Å². The molecule has 0 aromatic carbocycles. The van der Waals surface area contributed by atoms with Crippen molar-refractivity contribution >= 4 is 17.9 Å². The summed E-state index contributed by atoms with van der Waals surface area (Å²) in [7, 11) is 0. The second-order valence-electron chi connectivity index (χ2n) is 23.4. The summed E-state index contributed by atoms with van der Waals surface area (Å²) < 4.78 is 17.0. The van der Waals surface area contributed by atoms with Crippen molar-refractivity contribution in [3.8, 4) is 0 Å². The lowest BCUT2D eigenvalue weighted by atomic mass is 10.0. The summed E-state index contributed by atoms with van der Waals surface area (Å²) in [6.07, 6.45) is 91.7. The largest absolute Gasteiger partial charge is 0.462 e. The van der Waals surface area contributed by atoms with Crippen molar-refractivity contribution in [1.82, 2.24) is 0 Å². The quantitative estimate of drug-likeness (QED) is 0.0261. The standard InChI is InChI=1S/C75H132O6/c1-4-7-10-13-16-19-22-25-28-30-32-34-36-37-39-40-42-44-47-50-53-56-59-62-65-68-74(77)80-71-72(70-79-73(76)67-64-61-58-55-52-49-46-27-24-21-18-15-12-9-6-3)81-75(78)69-66-63-60-57-54-51-48-45-43-41-38-35-33-31-29-26-23-20-17-14-11-8-5-2/h7,10,16,18-19,21,25,27-28,32,34,37,39,46,72H,4-6,8-9,11-15,17,20,22-24,26,29-31,33,35-36,38,40-45,47-71H2,1-3H3/b10-7-,19-16-,21-18-,28-25-,34-32-,39-37-,46-27-. The molecule has 0 aliphatic heterocycles. The fourth-order valence-electron chi connectivity index (χ4n) is 10.2. The van der Waals surface area contributed by atoms with E-state index in [1.54, 1.807) is 0 Å². The molecule has 0 N–H and O–H groups in total. The highest BCUT2D eigenvalue weighted by molar-refractivity contribution is 5.71. The molecule has 1 atom stereocenters. The monoisotopic (exact) mass is 1130 g/mol. The number of rotatable bonds is 64. The molecule has 6 heteroatoms. The smallest absolute Gasteiger partial charge is 0.306 e. The Morgan fingerprint density at radius 1 is 0.259 bits per heavy atom. The van der Waals surface area contributed by atoms with Gasteiger partial charge in [0.2, 0.25) is 0 Å². The third kappa shape index (κ3) is 67.3. The molecule has 0 rings (SSSR count). The number of carbonyl (C=O) groups is 3. The number of allylic oxidation sites excluding steroid dienone is 14. The summed E-state index contributed by atoms with van der Waals surface area (Å²) in [5.41, 5.74) is 0. The molecule has 0 saturated carbocycles. The summed E-state index contributed by atoms with van der Waals surface area (Å²) in [6, 6.07) is 0. The first-order chi connectivity index (χ1) is 40.0. The van der Waals surface area contributed by atoms with Gasteiger partial charge in [-0.1, -0.05) is 324 Å². The maximum absolute atomic E-state index is 13.0. The van der Waals surface area contributed by atoms with Gasteiger partial charge in [-0.25, -0.2) is 0 Å². The van der Waals surface area contributed by atoms with Crippen LogP contribution in [-0.2, 0) is 28.6 Å². The third-order valence-corrected chi connectivity index (χ3v) is 15.4. The lowest BCUT2D eigenvalue weighted by Gasteiger charge is -2.18. The maximum atomic E-state index is 13.0. The molecule has 0 aromatic heterocycles. The van der Waals surface area contributed by atoms with Gasteiger partial charge in [-0.3, -0.25) is 14.4 Å². The molecule has 6 nitrogen and oxygen atoms in total. The van der Waals surface area contributed by atoms with Gasteiger partial charge in [0.05, 0.1) is 0 Å². The van der Waals surface area contributed by atoms with Crippen LogP contribution in [-0.4, -0.2) is 37.2 Å². The fourth-order valence-corrected chi connectivity index (χ4v) is 10.2. The fraction of sp³-hybridized carbons (Fsp3) is 0.773. The van der Waals surface area contributed by atoms with Crippen molar-refractivity contribution in [3.63, 3.8) is 0 Å². The van der Waals surface area contributed by atoms with Crippen LogP contribution in [0.2, 0.25) is 0 Å². The highest BCUT2D eigenvalue weighted by Gasteiger charge is 2.19. The van der Waals surface area contributed by atoms with Crippen molar-refractivity contribution < 1.29 is 28.6 Å².